The average molecular weight is 417 g/mol. The highest BCUT2D eigenvalue weighted by Crippen LogP contribution is 2.32. The first-order valence-electron chi connectivity index (χ1n) is 10.1. The molecule has 0 aliphatic rings. The van der Waals surface area contributed by atoms with E-state index in [2.05, 4.69) is 40.6 Å². The number of nitrogens with one attached hydrogen (secondary N) is 1. The molecular formula is C25H24N2O2S. The Hall–Kier alpha value is -3.18. The fraction of sp³-hybridized carbons (Fsp3) is 0.200. The molecule has 152 valence electrons. The zero-order valence-corrected chi connectivity index (χ0v) is 17.9. The molecule has 0 fully saturated rings. The van der Waals surface area contributed by atoms with Gasteiger partial charge in [0, 0.05) is 5.38 Å². The van der Waals surface area contributed by atoms with Gasteiger partial charge in [-0.05, 0) is 48.4 Å². The molecule has 0 radical (unpaired) electrons. The number of amides is 1. The summed E-state index contributed by atoms with van der Waals surface area (Å²) in [5.41, 5.74) is 2.82. The SMILES string of the molecule is CCOc1ccccc1-c1nc(CC(=O)NC(C)c2ccc3ccccc3c2)cs1. The molecule has 1 atom stereocenters. The highest BCUT2D eigenvalue weighted by Gasteiger charge is 2.14. The zero-order valence-electron chi connectivity index (χ0n) is 17.1. The molecule has 0 spiro atoms. The third kappa shape index (κ3) is 4.52. The Labute approximate surface area is 180 Å². The predicted octanol–water partition coefficient (Wildman–Crippen LogP) is 5.78. The number of para-hydroxylation sites is 1. The number of carbonyl (C=O) groups is 1. The number of carbonyl (C=O) groups excluding carboxylic acids is 1. The minimum Gasteiger partial charge on any atom is -0.493 e. The van der Waals surface area contributed by atoms with Gasteiger partial charge in [0.2, 0.25) is 5.91 Å². The summed E-state index contributed by atoms with van der Waals surface area (Å²) >= 11 is 1.53. The van der Waals surface area contributed by atoms with Gasteiger partial charge >= 0.3 is 0 Å². The summed E-state index contributed by atoms with van der Waals surface area (Å²) < 4.78 is 5.70. The van der Waals surface area contributed by atoms with Gasteiger partial charge in [0.25, 0.3) is 0 Å². The molecule has 0 bridgehead atoms. The maximum Gasteiger partial charge on any atom is 0.226 e. The molecule has 4 rings (SSSR count). The number of thiazole rings is 1. The molecule has 0 saturated carbocycles. The lowest BCUT2D eigenvalue weighted by atomic mass is 10.0. The van der Waals surface area contributed by atoms with E-state index in [0.29, 0.717) is 6.61 Å². The predicted molar refractivity (Wildman–Crippen MR) is 123 cm³/mol. The van der Waals surface area contributed by atoms with Gasteiger partial charge in [0.15, 0.2) is 0 Å². The zero-order chi connectivity index (χ0) is 20.9. The first kappa shape index (κ1) is 20.1. The van der Waals surface area contributed by atoms with Crippen LogP contribution in [0.15, 0.2) is 72.1 Å². The van der Waals surface area contributed by atoms with Gasteiger partial charge in [0.1, 0.15) is 10.8 Å². The fourth-order valence-electron chi connectivity index (χ4n) is 3.45. The number of rotatable bonds is 7. The van der Waals surface area contributed by atoms with E-state index in [1.807, 2.05) is 55.6 Å². The monoisotopic (exact) mass is 416 g/mol. The summed E-state index contributed by atoms with van der Waals surface area (Å²) in [5.74, 6) is 0.779. The first-order valence-corrected chi connectivity index (χ1v) is 11.0. The lowest BCUT2D eigenvalue weighted by molar-refractivity contribution is -0.121. The third-order valence-corrected chi connectivity index (χ3v) is 5.89. The van der Waals surface area contributed by atoms with E-state index in [1.165, 1.54) is 22.1 Å². The van der Waals surface area contributed by atoms with Crippen LogP contribution in [0.3, 0.4) is 0 Å². The Morgan fingerprint density at radius 2 is 1.83 bits per heavy atom. The van der Waals surface area contributed by atoms with Crippen LogP contribution in [0.25, 0.3) is 21.3 Å². The van der Waals surface area contributed by atoms with E-state index in [0.717, 1.165) is 27.6 Å². The number of hydrogen-bond donors (Lipinski definition) is 1. The van der Waals surface area contributed by atoms with Crippen LogP contribution in [0.5, 0.6) is 5.75 Å². The van der Waals surface area contributed by atoms with Gasteiger partial charge < -0.3 is 10.1 Å². The van der Waals surface area contributed by atoms with Crippen LogP contribution in [-0.4, -0.2) is 17.5 Å². The maximum atomic E-state index is 12.6. The molecule has 1 N–H and O–H groups in total. The molecule has 30 heavy (non-hydrogen) atoms. The summed E-state index contributed by atoms with van der Waals surface area (Å²) in [7, 11) is 0. The van der Waals surface area contributed by atoms with Gasteiger partial charge in [-0.1, -0.05) is 48.5 Å². The van der Waals surface area contributed by atoms with Crippen molar-refractivity contribution in [2.24, 2.45) is 0 Å². The van der Waals surface area contributed by atoms with Crippen molar-refractivity contribution in [3.05, 3.63) is 83.4 Å². The quantitative estimate of drug-likeness (QED) is 0.415. The molecule has 3 aromatic carbocycles. The average Bonchev–Trinajstić information content (AvgIpc) is 3.22. The smallest absolute Gasteiger partial charge is 0.226 e. The van der Waals surface area contributed by atoms with Crippen molar-refractivity contribution >= 4 is 28.0 Å². The van der Waals surface area contributed by atoms with E-state index in [1.54, 1.807) is 0 Å². The summed E-state index contributed by atoms with van der Waals surface area (Å²) in [6.07, 6.45) is 0.255. The molecule has 0 aliphatic heterocycles. The Morgan fingerprint density at radius 1 is 1.07 bits per heavy atom. The Morgan fingerprint density at radius 3 is 2.67 bits per heavy atom. The van der Waals surface area contributed by atoms with Gasteiger partial charge in [0.05, 0.1) is 30.3 Å². The molecule has 4 aromatic rings. The van der Waals surface area contributed by atoms with Crippen molar-refractivity contribution in [1.82, 2.24) is 10.3 Å². The van der Waals surface area contributed by atoms with Crippen LogP contribution in [0.2, 0.25) is 0 Å². The van der Waals surface area contributed by atoms with Crippen LogP contribution in [0, 0.1) is 0 Å². The number of benzene rings is 3. The second-order valence-electron chi connectivity index (χ2n) is 7.15. The molecule has 1 unspecified atom stereocenters. The second-order valence-corrected chi connectivity index (χ2v) is 8.00. The molecule has 1 heterocycles. The topological polar surface area (TPSA) is 51.2 Å². The van der Waals surface area contributed by atoms with Gasteiger partial charge in [-0.2, -0.15) is 0 Å². The minimum atomic E-state index is -0.0705. The lowest BCUT2D eigenvalue weighted by Gasteiger charge is -2.15. The molecule has 5 heteroatoms. The van der Waals surface area contributed by atoms with E-state index >= 15 is 0 Å². The maximum absolute atomic E-state index is 12.6. The van der Waals surface area contributed by atoms with Gasteiger partial charge in [-0.15, -0.1) is 11.3 Å². The number of ether oxygens (including phenoxy) is 1. The Balaban J connectivity index is 1.43. The largest absolute Gasteiger partial charge is 0.493 e. The van der Waals surface area contributed by atoms with Crippen molar-refractivity contribution in [2.75, 3.05) is 6.61 Å². The highest BCUT2D eigenvalue weighted by molar-refractivity contribution is 7.13. The molecule has 1 aromatic heterocycles. The molecule has 4 nitrogen and oxygen atoms in total. The van der Waals surface area contributed by atoms with Crippen LogP contribution < -0.4 is 10.1 Å². The summed E-state index contributed by atoms with van der Waals surface area (Å²) in [4.78, 5) is 17.3. The Kier molecular flexibility index (Phi) is 6.10. The van der Waals surface area contributed by atoms with E-state index < -0.39 is 0 Å². The highest BCUT2D eigenvalue weighted by atomic mass is 32.1. The number of fused-ring (bicyclic) bond motifs is 1. The van der Waals surface area contributed by atoms with Crippen LogP contribution in [0.1, 0.15) is 31.1 Å². The van der Waals surface area contributed by atoms with E-state index in [9.17, 15) is 4.79 Å². The summed E-state index contributed by atoms with van der Waals surface area (Å²) in [6.45, 7) is 4.57. The third-order valence-electron chi connectivity index (χ3n) is 4.96. The molecule has 0 aliphatic carbocycles. The van der Waals surface area contributed by atoms with Crippen molar-refractivity contribution in [2.45, 2.75) is 26.3 Å². The first-order chi connectivity index (χ1) is 14.6. The number of hydrogen-bond acceptors (Lipinski definition) is 4. The fourth-order valence-corrected chi connectivity index (χ4v) is 4.30. The van der Waals surface area contributed by atoms with Crippen LogP contribution in [-0.2, 0) is 11.2 Å². The van der Waals surface area contributed by atoms with Gasteiger partial charge in [-0.3, -0.25) is 4.79 Å². The van der Waals surface area contributed by atoms with E-state index in [4.69, 9.17) is 4.74 Å². The second kappa shape index (κ2) is 9.09. The Bertz CT molecular complexity index is 1170. The lowest BCUT2D eigenvalue weighted by Crippen LogP contribution is -2.28. The van der Waals surface area contributed by atoms with Crippen LogP contribution in [0.4, 0.5) is 0 Å². The number of nitrogens with zero attached hydrogens (tertiary/aromatic N) is 1. The molecule has 0 saturated heterocycles. The van der Waals surface area contributed by atoms with Crippen molar-refractivity contribution < 1.29 is 9.53 Å². The van der Waals surface area contributed by atoms with Crippen molar-refractivity contribution in [3.8, 4) is 16.3 Å². The standard InChI is InChI=1S/C25H24N2O2S/c1-3-29-23-11-7-6-10-22(23)25-27-21(16-30-25)15-24(28)26-17(2)19-13-12-18-8-4-5-9-20(18)14-19/h4-14,16-17H,3,15H2,1-2H3,(H,26,28). The number of aromatic nitrogens is 1. The van der Waals surface area contributed by atoms with Crippen LogP contribution >= 0.6 is 11.3 Å². The van der Waals surface area contributed by atoms with E-state index in [-0.39, 0.29) is 18.4 Å². The normalized spacial score (nSPS) is 11.9. The molecular weight excluding hydrogens is 392 g/mol. The van der Waals surface area contributed by atoms with Crippen molar-refractivity contribution in [1.29, 1.82) is 0 Å². The molecule has 1 amide bonds. The van der Waals surface area contributed by atoms with Crippen molar-refractivity contribution in [3.63, 3.8) is 0 Å². The van der Waals surface area contributed by atoms with Gasteiger partial charge in [-0.25, -0.2) is 4.98 Å². The summed E-state index contributed by atoms with van der Waals surface area (Å²) in [6, 6.07) is 22.3. The summed E-state index contributed by atoms with van der Waals surface area (Å²) in [5, 5.41) is 8.27. The minimum absolute atomic E-state index is 0.0365.